The highest BCUT2D eigenvalue weighted by atomic mass is 14.9. The zero-order chi connectivity index (χ0) is 17.8. The first-order valence-corrected chi connectivity index (χ1v) is 9.96. The number of fused-ring (bicyclic) bond motifs is 2. The first-order valence-electron chi connectivity index (χ1n) is 9.96. The highest BCUT2D eigenvalue weighted by Crippen LogP contribution is 2.26. The fourth-order valence-corrected chi connectivity index (χ4v) is 4.20. The van der Waals surface area contributed by atoms with Crippen LogP contribution in [0, 0.1) is 0 Å². The van der Waals surface area contributed by atoms with Crippen molar-refractivity contribution in [3.8, 4) is 0 Å². The van der Waals surface area contributed by atoms with Crippen LogP contribution in [-0.2, 0) is 19.3 Å². The van der Waals surface area contributed by atoms with Crippen LogP contribution in [0.15, 0.2) is 48.5 Å². The second-order valence-corrected chi connectivity index (χ2v) is 7.57. The van der Waals surface area contributed by atoms with E-state index < -0.39 is 0 Å². The molecule has 0 spiro atoms. The Hall–Kier alpha value is -2.26. The molecule has 4 rings (SSSR count). The maximum atomic E-state index is 6.09. The molecule has 0 radical (unpaired) electrons. The second-order valence-electron chi connectivity index (χ2n) is 7.57. The van der Waals surface area contributed by atoms with Crippen LogP contribution >= 0.6 is 0 Å². The zero-order valence-corrected chi connectivity index (χ0v) is 15.4. The molecule has 1 atom stereocenters. The van der Waals surface area contributed by atoms with Gasteiger partial charge in [0, 0.05) is 22.9 Å². The van der Waals surface area contributed by atoms with E-state index in [2.05, 4.69) is 52.8 Å². The Balaban J connectivity index is 1.16. The second kappa shape index (κ2) is 7.96. The minimum absolute atomic E-state index is 0.609. The smallest absolute Gasteiger partial charge is 0.0456 e. The molecule has 0 fully saturated rings. The molecule has 2 aromatic carbocycles. The van der Waals surface area contributed by atoms with Crippen molar-refractivity contribution in [2.45, 2.75) is 51.0 Å². The summed E-state index contributed by atoms with van der Waals surface area (Å²) in [6.07, 6.45) is 8.36. The van der Waals surface area contributed by atoms with Gasteiger partial charge < -0.3 is 16.0 Å². The van der Waals surface area contributed by atoms with Gasteiger partial charge in [0.05, 0.1) is 0 Å². The van der Waals surface area contributed by atoms with Gasteiger partial charge in [0.2, 0.25) is 0 Å². The number of para-hydroxylation sites is 1. The third kappa shape index (κ3) is 3.94. The summed E-state index contributed by atoms with van der Waals surface area (Å²) in [4.78, 5) is 3.53. The largest absolute Gasteiger partial charge is 0.398 e. The summed E-state index contributed by atoms with van der Waals surface area (Å²) < 4.78 is 0. The number of nitrogens with two attached hydrogens (primary N) is 1. The normalized spacial score (nSPS) is 16.7. The molecule has 26 heavy (non-hydrogen) atoms. The Morgan fingerprint density at radius 1 is 1.04 bits per heavy atom. The Morgan fingerprint density at radius 2 is 1.96 bits per heavy atom. The van der Waals surface area contributed by atoms with E-state index in [4.69, 9.17) is 5.73 Å². The molecule has 0 aliphatic heterocycles. The number of hydrogen-bond donors (Lipinski definition) is 3. The maximum absolute atomic E-state index is 6.09. The molecule has 3 heteroatoms. The number of aromatic nitrogens is 1. The van der Waals surface area contributed by atoms with E-state index in [1.165, 1.54) is 53.4 Å². The molecule has 1 aliphatic carbocycles. The highest BCUT2D eigenvalue weighted by molar-refractivity contribution is 5.80. The number of nitrogens with one attached hydrogen (secondary N) is 2. The first kappa shape index (κ1) is 17.2. The van der Waals surface area contributed by atoms with Crippen molar-refractivity contribution in [3.63, 3.8) is 0 Å². The summed E-state index contributed by atoms with van der Waals surface area (Å²) in [5.41, 5.74) is 12.5. The van der Waals surface area contributed by atoms with E-state index in [1.807, 2.05) is 6.07 Å². The standard InChI is InChI=1S/C23H29N3/c24-22-10-6-8-17-15-19(12-13-21(17)22)25-14-5-1-2-9-20-16-18-7-3-4-11-23(18)26-20/h3-4,6-8,10-11,16,19,25-26H,1-2,5,9,12-15,24H2. The molecule has 1 heterocycles. The van der Waals surface area contributed by atoms with E-state index in [-0.39, 0.29) is 0 Å². The van der Waals surface area contributed by atoms with Gasteiger partial charge in [-0.25, -0.2) is 0 Å². The summed E-state index contributed by atoms with van der Waals surface area (Å²) in [5.74, 6) is 0. The van der Waals surface area contributed by atoms with E-state index in [1.54, 1.807) is 0 Å². The van der Waals surface area contributed by atoms with Gasteiger partial charge in [-0.05, 0) is 79.8 Å². The Kier molecular flexibility index (Phi) is 5.26. The monoisotopic (exact) mass is 347 g/mol. The zero-order valence-electron chi connectivity index (χ0n) is 15.4. The van der Waals surface area contributed by atoms with E-state index in [9.17, 15) is 0 Å². The Bertz CT molecular complexity index is 832. The lowest BCUT2D eigenvalue weighted by Gasteiger charge is -2.26. The lowest BCUT2D eigenvalue weighted by atomic mass is 9.87. The van der Waals surface area contributed by atoms with Crippen LogP contribution in [0.25, 0.3) is 10.9 Å². The van der Waals surface area contributed by atoms with Gasteiger partial charge >= 0.3 is 0 Å². The van der Waals surface area contributed by atoms with E-state index >= 15 is 0 Å². The predicted molar refractivity (Wildman–Crippen MR) is 111 cm³/mol. The van der Waals surface area contributed by atoms with Crippen LogP contribution in [0.4, 0.5) is 5.69 Å². The number of benzene rings is 2. The fourth-order valence-electron chi connectivity index (χ4n) is 4.20. The third-order valence-corrected chi connectivity index (χ3v) is 5.66. The predicted octanol–water partition coefficient (Wildman–Crippen LogP) is 4.61. The third-order valence-electron chi connectivity index (χ3n) is 5.66. The van der Waals surface area contributed by atoms with Crippen LogP contribution in [0.2, 0.25) is 0 Å². The Morgan fingerprint density at radius 3 is 2.88 bits per heavy atom. The lowest BCUT2D eigenvalue weighted by molar-refractivity contribution is 0.449. The summed E-state index contributed by atoms with van der Waals surface area (Å²) in [5, 5.41) is 5.08. The molecular weight excluding hydrogens is 318 g/mol. The van der Waals surface area contributed by atoms with Gasteiger partial charge in [0.15, 0.2) is 0 Å². The molecule has 0 bridgehead atoms. The number of hydrogen-bond acceptors (Lipinski definition) is 2. The molecule has 136 valence electrons. The number of H-pyrrole nitrogens is 1. The number of nitrogen functional groups attached to an aromatic ring is 1. The molecule has 1 unspecified atom stereocenters. The van der Waals surface area contributed by atoms with Crippen molar-refractivity contribution in [1.29, 1.82) is 0 Å². The number of unbranched alkanes of at least 4 members (excludes halogenated alkanes) is 2. The maximum Gasteiger partial charge on any atom is 0.0456 e. The fraction of sp³-hybridized carbons (Fsp3) is 0.391. The summed E-state index contributed by atoms with van der Waals surface area (Å²) in [6.45, 7) is 1.12. The van der Waals surface area contributed by atoms with Gasteiger partial charge in [0.1, 0.15) is 0 Å². The van der Waals surface area contributed by atoms with Crippen LogP contribution in [-0.4, -0.2) is 17.6 Å². The summed E-state index contributed by atoms with van der Waals surface area (Å²) >= 11 is 0. The van der Waals surface area contributed by atoms with Crippen molar-refractivity contribution in [1.82, 2.24) is 10.3 Å². The van der Waals surface area contributed by atoms with Gasteiger partial charge in [0.25, 0.3) is 0 Å². The van der Waals surface area contributed by atoms with Gasteiger partial charge in [-0.2, -0.15) is 0 Å². The Labute approximate surface area is 156 Å². The minimum atomic E-state index is 0.609. The molecular formula is C23H29N3. The van der Waals surface area contributed by atoms with Gasteiger partial charge in [-0.3, -0.25) is 0 Å². The molecule has 3 nitrogen and oxygen atoms in total. The van der Waals surface area contributed by atoms with Crippen LogP contribution < -0.4 is 11.1 Å². The summed E-state index contributed by atoms with van der Waals surface area (Å²) in [7, 11) is 0. The minimum Gasteiger partial charge on any atom is -0.398 e. The van der Waals surface area contributed by atoms with E-state index in [0.717, 1.165) is 31.5 Å². The average molecular weight is 348 g/mol. The van der Waals surface area contributed by atoms with Crippen molar-refractivity contribution in [2.24, 2.45) is 0 Å². The van der Waals surface area contributed by atoms with Gasteiger partial charge in [-0.15, -0.1) is 0 Å². The average Bonchev–Trinajstić information content (AvgIpc) is 3.07. The number of anilines is 1. The van der Waals surface area contributed by atoms with Crippen molar-refractivity contribution < 1.29 is 0 Å². The molecule has 1 aliphatic rings. The molecule has 0 amide bonds. The molecule has 4 N–H and O–H groups in total. The van der Waals surface area contributed by atoms with Crippen molar-refractivity contribution >= 4 is 16.6 Å². The lowest BCUT2D eigenvalue weighted by Crippen LogP contribution is -2.35. The number of aryl methyl sites for hydroxylation is 1. The molecule has 0 saturated carbocycles. The first-order chi connectivity index (χ1) is 12.8. The highest BCUT2D eigenvalue weighted by Gasteiger charge is 2.19. The quantitative estimate of drug-likeness (QED) is 0.432. The topological polar surface area (TPSA) is 53.8 Å². The van der Waals surface area contributed by atoms with Crippen LogP contribution in [0.3, 0.4) is 0 Å². The van der Waals surface area contributed by atoms with Crippen molar-refractivity contribution in [3.05, 3.63) is 65.4 Å². The molecule has 1 aromatic heterocycles. The summed E-state index contributed by atoms with van der Waals surface area (Å²) in [6, 6.07) is 17.8. The number of aromatic amines is 1. The SMILES string of the molecule is Nc1cccc2c1CCC(NCCCCCc1cc3ccccc3[nH]1)C2. The van der Waals surface area contributed by atoms with Crippen LogP contribution in [0.1, 0.15) is 42.5 Å². The molecule has 0 saturated heterocycles. The van der Waals surface area contributed by atoms with Gasteiger partial charge in [-0.1, -0.05) is 36.8 Å². The van der Waals surface area contributed by atoms with E-state index in [0.29, 0.717) is 6.04 Å². The molecule has 3 aromatic rings. The number of rotatable bonds is 7. The van der Waals surface area contributed by atoms with Crippen LogP contribution in [0.5, 0.6) is 0 Å². The van der Waals surface area contributed by atoms with Crippen molar-refractivity contribution in [2.75, 3.05) is 12.3 Å².